The van der Waals surface area contributed by atoms with E-state index in [1.165, 1.54) is 0 Å². The summed E-state index contributed by atoms with van der Waals surface area (Å²) in [5, 5.41) is 9.30. The molecule has 0 aromatic carbocycles. The van der Waals surface area contributed by atoms with Gasteiger partial charge >= 0.3 is 0 Å². The van der Waals surface area contributed by atoms with Gasteiger partial charge in [-0.3, -0.25) is 0 Å². The van der Waals surface area contributed by atoms with Gasteiger partial charge in [0.05, 0.1) is 6.10 Å². The molecule has 0 aliphatic rings. The first kappa shape index (κ1) is 9.92. The van der Waals surface area contributed by atoms with Gasteiger partial charge in [-0.15, -0.1) is 0 Å². The van der Waals surface area contributed by atoms with Crippen molar-refractivity contribution in [1.82, 2.24) is 0 Å². The van der Waals surface area contributed by atoms with Crippen LogP contribution in [0.15, 0.2) is 0 Å². The van der Waals surface area contributed by atoms with Crippen LogP contribution in [0, 0.1) is 5.92 Å². The second-order valence-electron chi connectivity index (χ2n) is 2.95. The van der Waals surface area contributed by atoms with E-state index in [9.17, 15) is 5.11 Å². The Bertz CT molecular complexity index is 71.7. The number of aliphatic hydroxyl groups excluding tert-OH is 1. The summed E-state index contributed by atoms with van der Waals surface area (Å²) in [7, 11) is 1.68. The van der Waals surface area contributed by atoms with Gasteiger partial charge in [0.15, 0.2) is 0 Å². The largest absolute Gasteiger partial charge is 0.393 e. The first-order valence-corrected chi connectivity index (χ1v) is 3.85. The zero-order valence-corrected chi connectivity index (χ0v) is 7.13. The topological polar surface area (TPSA) is 29.5 Å². The maximum atomic E-state index is 9.30. The van der Waals surface area contributed by atoms with Crippen LogP contribution in [0.2, 0.25) is 0 Å². The number of rotatable bonds is 5. The van der Waals surface area contributed by atoms with Gasteiger partial charge in [0.1, 0.15) is 0 Å². The van der Waals surface area contributed by atoms with Crippen molar-refractivity contribution in [2.24, 2.45) is 5.92 Å². The van der Waals surface area contributed by atoms with Gasteiger partial charge in [0.2, 0.25) is 0 Å². The number of hydrogen-bond acceptors (Lipinski definition) is 2. The minimum absolute atomic E-state index is 0.157. The minimum Gasteiger partial charge on any atom is -0.393 e. The summed E-state index contributed by atoms with van der Waals surface area (Å²) in [6, 6.07) is 0. The molecule has 0 saturated carbocycles. The predicted molar refractivity (Wildman–Crippen MR) is 42.0 cm³/mol. The molecule has 2 heteroatoms. The van der Waals surface area contributed by atoms with Gasteiger partial charge in [0.25, 0.3) is 0 Å². The highest BCUT2D eigenvalue weighted by molar-refractivity contribution is 4.58. The maximum Gasteiger partial charge on any atom is 0.0564 e. The summed E-state index contributed by atoms with van der Waals surface area (Å²) in [5.74, 6) is 0.372. The molecule has 0 aliphatic carbocycles. The fraction of sp³-hybridized carbons (Fsp3) is 1.00. The number of hydrogen-bond donors (Lipinski definition) is 1. The molecule has 10 heavy (non-hydrogen) atoms. The van der Waals surface area contributed by atoms with E-state index in [2.05, 4.69) is 0 Å². The van der Waals surface area contributed by atoms with Gasteiger partial charge in [-0.25, -0.2) is 0 Å². The molecule has 2 nitrogen and oxygen atoms in total. The Hall–Kier alpha value is -0.0800. The summed E-state index contributed by atoms with van der Waals surface area (Å²) in [4.78, 5) is 0. The predicted octanol–water partition coefficient (Wildman–Crippen LogP) is 1.43. The van der Waals surface area contributed by atoms with Gasteiger partial charge in [-0.1, -0.05) is 13.8 Å². The average molecular weight is 146 g/mol. The first-order valence-electron chi connectivity index (χ1n) is 3.85. The van der Waals surface area contributed by atoms with Crippen molar-refractivity contribution in [1.29, 1.82) is 0 Å². The molecule has 1 N–H and O–H groups in total. The van der Waals surface area contributed by atoms with E-state index in [4.69, 9.17) is 4.74 Å². The van der Waals surface area contributed by atoms with Crippen LogP contribution in [0.3, 0.4) is 0 Å². The molecule has 0 saturated heterocycles. The second kappa shape index (κ2) is 5.69. The van der Waals surface area contributed by atoms with Gasteiger partial charge in [0, 0.05) is 13.7 Å². The fourth-order valence-corrected chi connectivity index (χ4v) is 0.770. The Labute approximate surface area is 63.2 Å². The molecule has 0 heterocycles. The Morgan fingerprint density at radius 3 is 2.40 bits per heavy atom. The lowest BCUT2D eigenvalue weighted by molar-refractivity contribution is 0.0992. The fourth-order valence-electron chi connectivity index (χ4n) is 0.770. The van der Waals surface area contributed by atoms with Gasteiger partial charge < -0.3 is 9.84 Å². The van der Waals surface area contributed by atoms with Crippen molar-refractivity contribution in [3.8, 4) is 0 Å². The molecule has 62 valence electrons. The van der Waals surface area contributed by atoms with Crippen LogP contribution in [0.25, 0.3) is 0 Å². The first-order chi connectivity index (χ1) is 4.68. The Kier molecular flexibility index (Phi) is 5.64. The third-order valence-corrected chi connectivity index (χ3v) is 1.62. The van der Waals surface area contributed by atoms with Gasteiger partial charge in [-0.05, 0) is 18.8 Å². The summed E-state index contributed by atoms with van der Waals surface area (Å²) < 4.78 is 4.86. The summed E-state index contributed by atoms with van der Waals surface area (Å²) in [6.45, 7) is 4.80. The van der Waals surface area contributed by atoms with Crippen molar-refractivity contribution in [3.05, 3.63) is 0 Å². The third kappa shape index (κ3) is 4.77. The van der Waals surface area contributed by atoms with Crippen LogP contribution in [0.5, 0.6) is 0 Å². The van der Waals surface area contributed by atoms with Crippen LogP contribution in [0.1, 0.15) is 26.7 Å². The highest BCUT2D eigenvalue weighted by Gasteiger charge is 2.07. The highest BCUT2D eigenvalue weighted by atomic mass is 16.5. The molecule has 0 bridgehead atoms. The second-order valence-corrected chi connectivity index (χ2v) is 2.95. The van der Waals surface area contributed by atoms with Crippen molar-refractivity contribution in [2.45, 2.75) is 32.8 Å². The van der Waals surface area contributed by atoms with Crippen molar-refractivity contribution >= 4 is 0 Å². The smallest absolute Gasteiger partial charge is 0.0564 e. The van der Waals surface area contributed by atoms with E-state index in [-0.39, 0.29) is 6.10 Å². The lowest BCUT2D eigenvalue weighted by Gasteiger charge is -2.13. The normalized spacial score (nSPS) is 14.1. The monoisotopic (exact) mass is 146 g/mol. The zero-order valence-electron chi connectivity index (χ0n) is 7.13. The van der Waals surface area contributed by atoms with E-state index >= 15 is 0 Å². The molecule has 1 atom stereocenters. The summed E-state index contributed by atoms with van der Waals surface area (Å²) in [5.41, 5.74) is 0. The molecule has 0 spiro atoms. The molecule has 0 aliphatic heterocycles. The van der Waals surface area contributed by atoms with E-state index in [0.717, 1.165) is 19.4 Å². The molecule has 0 aromatic heterocycles. The van der Waals surface area contributed by atoms with Crippen molar-refractivity contribution in [3.63, 3.8) is 0 Å². The quantitative estimate of drug-likeness (QED) is 0.594. The third-order valence-electron chi connectivity index (χ3n) is 1.62. The number of methoxy groups -OCH3 is 1. The van der Waals surface area contributed by atoms with Crippen LogP contribution < -0.4 is 0 Å². The number of ether oxygens (including phenoxy) is 1. The summed E-state index contributed by atoms with van der Waals surface area (Å²) in [6.07, 6.45) is 1.65. The molecule has 0 amide bonds. The van der Waals surface area contributed by atoms with E-state index in [1.807, 2.05) is 13.8 Å². The Morgan fingerprint density at radius 2 is 2.00 bits per heavy atom. The Balaban J connectivity index is 3.13. The van der Waals surface area contributed by atoms with Crippen LogP contribution in [-0.2, 0) is 4.74 Å². The van der Waals surface area contributed by atoms with E-state index in [1.54, 1.807) is 7.11 Å². The van der Waals surface area contributed by atoms with Crippen LogP contribution >= 0.6 is 0 Å². The molecule has 1 unspecified atom stereocenters. The van der Waals surface area contributed by atoms with Crippen LogP contribution in [-0.4, -0.2) is 24.9 Å². The van der Waals surface area contributed by atoms with E-state index in [0.29, 0.717) is 5.92 Å². The molecule has 0 fully saturated rings. The van der Waals surface area contributed by atoms with Crippen molar-refractivity contribution < 1.29 is 9.84 Å². The van der Waals surface area contributed by atoms with E-state index < -0.39 is 0 Å². The highest BCUT2D eigenvalue weighted by Crippen LogP contribution is 2.07. The SMILES string of the molecule is COCCCC(O)C(C)C. The van der Waals surface area contributed by atoms with Crippen LogP contribution in [0.4, 0.5) is 0 Å². The molecule has 0 rings (SSSR count). The molecule has 0 aromatic rings. The van der Waals surface area contributed by atoms with Gasteiger partial charge in [-0.2, -0.15) is 0 Å². The van der Waals surface area contributed by atoms with Crippen molar-refractivity contribution in [2.75, 3.05) is 13.7 Å². The molecular formula is C8H18O2. The minimum atomic E-state index is -0.157. The number of aliphatic hydroxyl groups is 1. The molecule has 0 radical (unpaired) electrons. The summed E-state index contributed by atoms with van der Waals surface area (Å²) >= 11 is 0. The average Bonchev–Trinajstić information content (AvgIpc) is 1.88. The Morgan fingerprint density at radius 1 is 1.40 bits per heavy atom. The molecular weight excluding hydrogens is 128 g/mol. The lowest BCUT2D eigenvalue weighted by Crippen LogP contribution is -2.14. The lowest BCUT2D eigenvalue weighted by atomic mass is 10.0. The standard InChI is InChI=1S/C8H18O2/c1-7(2)8(9)5-4-6-10-3/h7-9H,4-6H2,1-3H3. The maximum absolute atomic E-state index is 9.30. The zero-order chi connectivity index (χ0) is 7.98.